The average Bonchev–Trinajstić information content (AvgIpc) is 2.61. The van der Waals surface area contributed by atoms with E-state index in [4.69, 9.17) is 0 Å². The van der Waals surface area contributed by atoms with E-state index in [2.05, 4.69) is 26.2 Å². The Balaban J connectivity index is 2.22. The van der Waals surface area contributed by atoms with E-state index < -0.39 is 0 Å². The molecule has 0 amide bonds. The van der Waals surface area contributed by atoms with Crippen molar-refractivity contribution in [3.63, 3.8) is 0 Å². The largest absolute Gasteiger partial charge is 0.317 e. The highest BCUT2D eigenvalue weighted by molar-refractivity contribution is 4.80. The maximum Gasteiger partial charge on any atom is 0.00668 e. The summed E-state index contributed by atoms with van der Waals surface area (Å²) in [6.45, 7) is 4.66. The molecule has 13 heavy (non-hydrogen) atoms. The molecule has 0 aromatic carbocycles. The van der Waals surface area contributed by atoms with Crippen LogP contribution in [0.15, 0.2) is 0 Å². The molecule has 1 rings (SSSR count). The van der Waals surface area contributed by atoms with Gasteiger partial charge >= 0.3 is 0 Å². The van der Waals surface area contributed by atoms with Crippen LogP contribution in [0.3, 0.4) is 0 Å². The molecule has 1 heteroatoms. The van der Waals surface area contributed by atoms with Crippen LogP contribution in [0, 0.1) is 11.8 Å². The molecule has 1 fully saturated rings. The van der Waals surface area contributed by atoms with Crippen molar-refractivity contribution in [3.8, 4) is 0 Å². The first-order valence-corrected chi connectivity index (χ1v) is 5.97. The molecule has 1 aliphatic carbocycles. The predicted octanol–water partition coefficient (Wildman–Crippen LogP) is 3.20. The van der Waals surface area contributed by atoms with E-state index in [1.54, 1.807) is 0 Å². The smallest absolute Gasteiger partial charge is 0.00668 e. The third kappa shape index (κ3) is 3.30. The molecule has 0 aromatic rings. The van der Waals surface area contributed by atoms with Gasteiger partial charge in [0.1, 0.15) is 0 Å². The lowest BCUT2D eigenvalue weighted by Crippen LogP contribution is -2.21. The quantitative estimate of drug-likeness (QED) is 0.690. The van der Waals surface area contributed by atoms with Gasteiger partial charge in [-0.1, -0.05) is 26.7 Å². The fourth-order valence-corrected chi connectivity index (χ4v) is 2.64. The number of hydrogen-bond donors (Lipinski definition) is 1. The Morgan fingerprint density at radius 2 is 1.92 bits per heavy atom. The highest BCUT2D eigenvalue weighted by Crippen LogP contribution is 2.32. The van der Waals surface area contributed by atoms with Crippen molar-refractivity contribution >= 4 is 0 Å². The first-order valence-electron chi connectivity index (χ1n) is 5.97. The number of rotatable bonds is 5. The number of hydrogen-bond acceptors (Lipinski definition) is 1. The molecule has 2 unspecified atom stereocenters. The van der Waals surface area contributed by atoms with Gasteiger partial charge in [0.15, 0.2) is 0 Å². The van der Waals surface area contributed by atoms with E-state index in [9.17, 15) is 0 Å². The van der Waals surface area contributed by atoms with Crippen LogP contribution in [0.25, 0.3) is 0 Å². The van der Waals surface area contributed by atoms with E-state index in [1.165, 1.54) is 38.5 Å². The molecule has 0 aromatic heterocycles. The molecule has 1 nitrogen and oxygen atoms in total. The van der Waals surface area contributed by atoms with E-state index in [0.29, 0.717) is 0 Å². The summed E-state index contributed by atoms with van der Waals surface area (Å²) in [6, 6.07) is 0.819. The molecule has 0 bridgehead atoms. The van der Waals surface area contributed by atoms with Crippen molar-refractivity contribution in [2.75, 3.05) is 7.05 Å². The lowest BCUT2D eigenvalue weighted by molar-refractivity contribution is 0.352. The summed E-state index contributed by atoms with van der Waals surface area (Å²) in [4.78, 5) is 0. The Hall–Kier alpha value is -0.0400. The molecule has 0 radical (unpaired) electrons. The highest BCUT2D eigenvalue weighted by Gasteiger charge is 2.24. The zero-order chi connectivity index (χ0) is 9.68. The molecule has 2 atom stereocenters. The summed E-state index contributed by atoms with van der Waals surface area (Å²) in [6.07, 6.45) is 8.51. The Morgan fingerprint density at radius 1 is 1.23 bits per heavy atom. The minimum Gasteiger partial charge on any atom is -0.317 e. The molecule has 1 saturated carbocycles. The van der Waals surface area contributed by atoms with Gasteiger partial charge in [0.2, 0.25) is 0 Å². The van der Waals surface area contributed by atoms with Crippen molar-refractivity contribution in [1.29, 1.82) is 0 Å². The average molecular weight is 183 g/mol. The van der Waals surface area contributed by atoms with Crippen LogP contribution in [-0.2, 0) is 0 Å². The Kier molecular flexibility index (Phi) is 4.79. The van der Waals surface area contributed by atoms with Gasteiger partial charge in [0.05, 0.1) is 0 Å². The van der Waals surface area contributed by atoms with Gasteiger partial charge < -0.3 is 5.32 Å². The van der Waals surface area contributed by atoms with Crippen LogP contribution >= 0.6 is 0 Å². The Morgan fingerprint density at radius 3 is 2.38 bits per heavy atom. The van der Waals surface area contributed by atoms with Gasteiger partial charge in [0, 0.05) is 6.04 Å². The Bertz CT molecular complexity index is 129. The van der Waals surface area contributed by atoms with Gasteiger partial charge in [0.25, 0.3) is 0 Å². The third-order valence-corrected chi connectivity index (χ3v) is 3.77. The predicted molar refractivity (Wildman–Crippen MR) is 58.9 cm³/mol. The van der Waals surface area contributed by atoms with E-state index in [1.807, 2.05) is 0 Å². The summed E-state index contributed by atoms with van der Waals surface area (Å²) < 4.78 is 0. The van der Waals surface area contributed by atoms with Crippen LogP contribution in [0.5, 0.6) is 0 Å². The third-order valence-electron chi connectivity index (χ3n) is 3.77. The molecular weight excluding hydrogens is 158 g/mol. The van der Waals surface area contributed by atoms with Crippen molar-refractivity contribution in [2.24, 2.45) is 11.8 Å². The van der Waals surface area contributed by atoms with Crippen LogP contribution in [0.1, 0.15) is 52.4 Å². The monoisotopic (exact) mass is 183 g/mol. The zero-order valence-corrected chi connectivity index (χ0v) is 9.47. The maximum absolute atomic E-state index is 3.40. The fourth-order valence-electron chi connectivity index (χ4n) is 2.64. The number of nitrogens with one attached hydrogen (secondary N) is 1. The molecule has 1 N–H and O–H groups in total. The molecule has 0 spiro atoms. The molecule has 0 aliphatic heterocycles. The lowest BCUT2D eigenvalue weighted by atomic mass is 9.89. The van der Waals surface area contributed by atoms with Crippen molar-refractivity contribution in [3.05, 3.63) is 0 Å². The second-order valence-electron chi connectivity index (χ2n) is 4.58. The summed E-state index contributed by atoms with van der Waals surface area (Å²) in [5, 5.41) is 3.40. The SMILES string of the molecule is CCC(CC)CC1CCC(NC)C1. The van der Waals surface area contributed by atoms with Crippen LogP contribution in [-0.4, -0.2) is 13.1 Å². The minimum atomic E-state index is 0.819. The van der Waals surface area contributed by atoms with E-state index >= 15 is 0 Å². The molecular formula is C12H25N. The minimum absolute atomic E-state index is 0.819. The van der Waals surface area contributed by atoms with Crippen molar-refractivity contribution in [2.45, 2.75) is 58.4 Å². The maximum atomic E-state index is 3.40. The van der Waals surface area contributed by atoms with Gasteiger partial charge in [-0.05, 0) is 44.6 Å². The van der Waals surface area contributed by atoms with Crippen LogP contribution < -0.4 is 5.32 Å². The molecule has 0 heterocycles. The van der Waals surface area contributed by atoms with Gasteiger partial charge in [-0.3, -0.25) is 0 Å². The van der Waals surface area contributed by atoms with Gasteiger partial charge in [-0.2, -0.15) is 0 Å². The highest BCUT2D eigenvalue weighted by atomic mass is 14.9. The molecule has 78 valence electrons. The van der Waals surface area contributed by atoms with Gasteiger partial charge in [-0.25, -0.2) is 0 Å². The summed E-state index contributed by atoms with van der Waals surface area (Å²) in [7, 11) is 2.10. The van der Waals surface area contributed by atoms with E-state index in [-0.39, 0.29) is 0 Å². The van der Waals surface area contributed by atoms with Crippen LogP contribution in [0.2, 0.25) is 0 Å². The normalized spacial score (nSPS) is 28.6. The molecule has 1 aliphatic rings. The second-order valence-corrected chi connectivity index (χ2v) is 4.58. The van der Waals surface area contributed by atoms with Gasteiger partial charge in [-0.15, -0.1) is 0 Å². The molecule has 0 saturated heterocycles. The topological polar surface area (TPSA) is 12.0 Å². The first kappa shape index (κ1) is 11.0. The standard InChI is InChI=1S/C12H25N/c1-4-10(5-2)8-11-6-7-12(9-11)13-3/h10-13H,4-9H2,1-3H3. The first-order chi connectivity index (χ1) is 6.30. The summed E-state index contributed by atoms with van der Waals surface area (Å²) in [5.74, 6) is 2.00. The summed E-state index contributed by atoms with van der Waals surface area (Å²) in [5.41, 5.74) is 0. The summed E-state index contributed by atoms with van der Waals surface area (Å²) >= 11 is 0. The zero-order valence-electron chi connectivity index (χ0n) is 9.47. The lowest BCUT2D eigenvalue weighted by Gasteiger charge is -2.17. The Labute approximate surface area is 83.3 Å². The van der Waals surface area contributed by atoms with Crippen molar-refractivity contribution in [1.82, 2.24) is 5.32 Å². The fraction of sp³-hybridized carbons (Fsp3) is 1.00. The van der Waals surface area contributed by atoms with Crippen molar-refractivity contribution < 1.29 is 0 Å². The van der Waals surface area contributed by atoms with Crippen LogP contribution in [0.4, 0.5) is 0 Å². The second kappa shape index (κ2) is 5.64. The van der Waals surface area contributed by atoms with E-state index in [0.717, 1.165) is 17.9 Å².